The number of carbonyl (C=O) groups excluding carboxylic acids is 2. The number of rotatable bonds is 4. The third kappa shape index (κ3) is 3.18. The maximum atomic E-state index is 13.3. The van der Waals surface area contributed by atoms with Crippen molar-refractivity contribution >= 4 is 11.7 Å². The van der Waals surface area contributed by atoms with Crippen molar-refractivity contribution in [2.45, 2.75) is 65.8 Å². The number of H-pyrrole nitrogens is 1. The Balaban J connectivity index is 1.95. The molecule has 140 valence electrons. The molecule has 7 heteroatoms. The van der Waals surface area contributed by atoms with Gasteiger partial charge in [-0.2, -0.15) is 4.98 Å². The van der Waals surface area contributed by atoms with Gasteiger partial charge in [-0.15, -0.1) is 0 Å². The number of nitrogens with zero attached hydrogens (tertiary/aromatic N) is 3. The minimum atomic E-state index is -0.217. The Labute approximate surface area is 153 Å². The van der Waals surface area contributed by atoms with Crippen LogP contribution in [0.25, 0.3) is 0 Å². The number of likely N-dealkylation sites (tertiary alicyclic amines) is 1. The van der Waals surface area contributed by atoms with Crippen LogP contribution in [0.4, 0.5) is 0 Å². The van der Waals surface area contributed by atoms with E-state index in [9.17, 15) is 9.59 Å². The number of aromatic nitrogens is 3. The van der Waals surface area contributed by atoms with E-state index in [0.717, 1.165) is 25.0 Å². The number of Topliss-reactive ketones (excluding diaryl/α,β-unsaturated/α-hetero) is 1. The van der Waals surface area contributed by atoms with Gasteiger partial charge in [0.1, 0.15) is 6.04 Å². The Morgan fingerprint density at radius 1 is 1.27 bits per heavy atom. The molecule has 0 radical (unpaired) electrons. The summed E-state index contributed by atoms with van der Waals surface area (Å²) >= 11 is 0. The van der Waals surface area contributed by atoms with Gasteiger partial charge in [0.2, 0.25) is 5.89 Å². The van der Waals surface area contributed by atoms with E-state index in [1.807, 2.05) is 32.6 Å². The number of hydrogen-bond acceptors (Lipinski definition) is 5. The zero-order valence-corrected chi connectivity index (χ0v) is 16.0. The summed E-state index contributed by atoms with van der Waals surface area (Å²) in [6.07, 6.45) is 2.75. The summed E-state index contributed by atoms with van der Waals surface area (Å²) in [5.74, 6) is 1.17. The molecule has 0 saturated carbocycles. The summed E-state index contributed by atoms with van der Waals surface area (Å²) in [5, 5.41) is 4.04. The van der Waals surface area contributed by atoms with Gasteiger partial charge in [0.15, 0.2) is 11.6 Å². The standard InChI is InChI=1S/C19H26N4O3/c1-10(2)17-21-18(26-22-17)14-8-6-7-9-23(14)19(25)15-11(3)16(13(5)24)20-12(15)4/h10,14,20H,6-9H2,1-5H3/t14-/m1/s1. The van der Waals surface area contributed by atoms with Gasteiger partial charge in [-0.25, -0.2) is 0 Å². The number of amides is 1. The maximum absolute atomic E-state index is 13.3. The van der Waals surface area contributed by atoms with Crippen LogP contribution in [0.15, 0.2) is 4.52 Å². The number of piperidine rings is 1. The highest BCUT2D eigenvalue weighted by Gasteiger charge is 2.35. The number of ketones is 1. The molecule has 0 spiro atoms. The van der Waals surface area contributed by atoms with Gasteiger partial charge in [-0.1, -0.05) is 19.0 Å². The Morgan fingerprint density at radius 3 is 2.58 bits per heavy atom. The molecule has 1 fully saturated rings. The van der Waals surface area contributed by atoms with Gasteiger partial charge < -0.3 is 14.4 Å². The fourth-order valence-corrected chi connectivity index (χ4v) is 3.61. The largest absolute Gasteiger partial charge is 0.355 e. The third-order valence-corrected chi connectivity index (χ3v) is 5.03. The fourth-order valence-electron chi connectivity index (χ4n) is 3.61. The van der Waals surface area contributed by atoms with Gasteiger partial charge in [-0.05, 0) is 38.7 Å². The zero-order valence-electron chi connectivity index (χ0n) is 16.0. The smallest absolute Gasteiger partial charge is 0.256 e. The molecule has 26 heavy (non-hydrogen) atoms. The fraction of sp³-hybridized carbons (Fsp3) is 0.579. The van der Waals surface area contributed by atoms with E-state index in [4.69, 9.17) is 4.52 Å². The average Bonchev–Trinajstić information content (AvgIpc) is 3.19. The van der Waals surface area contributed by atoms with Crippen LogP contribution in [0, 0.1) is 13.8 Å². The first-order valence-electron chi connectivity index (χ1n) is 9.15. The van der Waals surface area contributed by atoms with Crippen LogP contribution in [-0.4, -0.2) is 38.3 Å². The molecule has 3 heterocycles. The normalized spacial score (nSPS) is 17.8. The van der Waals surface area contributed by atoms with Gasteiger partial charge in [0.25, 0.3) is 5.91 Å². The second-order valence-electron chi connectivity index (χ2n) is 7.34. The van der Waals surface area contributed by atoms with E-state index < -0.39 is 0 Å². The summed E-state index contributed by atoms with van der Waals surface area (Å²) in [6.45, 7) is 9.80. The molecule has 1 aliphatic heterocycles. The van der Waals surface area contributed by atoms with Crippen molar-refractivity contribution in [2.24, 2.45) is 0 Å². The van der Waals surface area contributed by atoms with Crippen LogP contribution < -0.4 is 0 Å². The van der Waals surface area contributed by atoms with Crippen molar-refractivity contribution in [3.8, 4) is 0 Å². The molecule has 1 saturated heterocycles. The quantitative estimate of drug-likeness (QED) is 0.841. The molecule has 0 aliphatic carbocycles. The van der Waals surface area contributed by atoms with Crippen LogP contribution >= 0.6 is 0 Å². The first kappa shape index (κ1) is 18.4. The molecular formula is C19H26N4O3. The van der Waals surface area contributed by atoms with E-state index in [-0.39, 0.29) is 23.7 Å². The molecule has 0 unspecified atom stereocenters. The van der Waals surface area contributed by atoms with E-state index in [1.54, 1.807) is 0 Å². The zero-order chi connectivity index (χ0) is 19.0. The molecule has 1 atom stereocenters. The molecule has 1 amide bonds. The molecular weight excluding hydrogens is 332 g/mol. The SMILES string of the molecule is CC(=O)c1[nH]c(C)c(C(=O)N2CCCC[C@@H]2c2nc(C(C)C)no2)c1C. The van der Waals surface area contributed by atoms with E-state index >= 15 is 0 Å². The Hall–Kier alpha value is -2.44. The summed E-state index contributed by atoms with van der Waals surface area (Å²) in [6, 6.07) is -0.217. The summed E-state index contributed by atoms with van der Waals surface area (Å²) in [7, 11) is 0. The average molecular weight is 358 g/mol. The molecule has 7 nitrogen and oxygen atoms in total. The molecule has 0 bridgehead atoms. The second kappa shape index (κ2) is 7.05. The summed E-state index contributed by atoms with van der Waals surface area (Å²) in [4.78, 5) is 34.5. The molecule has 1 aliphatic rings. The van der Waals surface area contributed by atoms with Gasteiger partial charge >= 0.3 is 0 Å². The lowest BCUT2D eigenvalue weighted by atomic mass is 9.99. The van der Waals surface area contributed by atoms with Crippen molar-refractivity contribution in [2.75, 3.05) is 6.54 Å². The summed E-state index contributed by atoms with van der Waals surface area (Å²) < 4.78 is 5.47. The predicted octanol–water partition coefficient (Wildman–Crippen LogP) is 3.71. The first-order chi connectivity index (χ1) is 12.3. The topological polar surface area (TPSA) is 92.1 Å². The van der Waals surface area contributed by atoms with Crippen molar-refractivity contribution in [1.82, 2.24) is 20.0 Å². The van der Waals surface area contributed by atoms with Crippen LogP contribution in [0.5, 0.6) is 0 Å². The second-order valence-corrected chi connectivity index (χ2v) is 7.34. The van der Waals surface area contributed by atoms with Gasteiger partial charge in [-0.3, -0.25) is 9.59 Å². The Kier molecular flexibility index (Phi) is 4.98. The number of aromatic amines is 1. The lowest BCUT2D eigenvalue weighted by Crippen LogP contribution is -2.39. The third-order valence-electron chi connectivity index (χ3n) is 5.03. The predicted molar refractivity (Wildman–Crippen MR) is 96.3 cm³/mol. The number of carbonyl (C=O) groups is 2. The lowest BCUT2D eigenvalue weighted by Gasteiger charge is -2.33. The molecule has 2 aromatic heterocycles. The van der Waals surface area contributed by atoms with Crippen LogP contribution in [-0.2, 0) is 0 Å². The number of hydrogen-bond donors (Lipinski definition) is 1. The lowest BCUT2D eigenvalue weighted by molar-refractivity contribution is 0.0560. The highest BCUT2D eigenvalue weighted by Crippen LogP contribution is 2.33. The van der Waals surface area contributed by atoms with Gasteiger partial charge in [0, 0.05) is 25.1 Å². The van der Waals surface area contributed by atoms with Crippen molar-refractivity contribution in [3.63, 3.8) is 0 Å². The Bertz CT molecular complexity index is 834. The minimum Gasteiger partial charge on any atom is -0.355 e. The number of nitrogens with one attached hydrogen (secondary N) is 1. The monoisotopic (exact) mass is 358 g/mol. The van der Waals surface area contributed by atoms with Crippen LogP contribution in [0.3, 0.4) is 0 Å². The molecule has 0 aromatic carbocycles. The maximum Gasteiger partial charge on any atom is 0.256 e. The molecule has 1 N–H and O–H groups in total. The van der Waals surface area contributed by atoms with Crippen LogP contribution in [0.2, 0.25) is 0 Å². The first-order valence-corrected chi connectivity index (χ1v) is 9.15. The van der Waals surface area contributed by atoms with Crippen LogP contribution in [0.1, 0.15) is 95.8 Å². The Morgan fingerprint density at radius 2 is 2.00 bits per heavy atom. The van der Waals surface area contributed by atoms with Crippen molar-refractivity contribution in [1.29, 1.82) is 0 Å². The van der Waals surface area contributed by atoms with Crippen molar-refractivity contribution in [3.05, 3.63) is 34.2 Å². The highest BCUT2D eigenvalue weighted by molar-refractivity contribution is 6.02. The number of aryl methyl sites for hydroxylation is 1. The molecule has 2 aromatic rings. The van der Waals surface area contributed by atoms with E-state index in [2.05, 4.69) is 15.1 Å². The van der Waals surface area contributed by atoms with Gasteiger partial charge in [0.05, 0.1) is 11.3 Å². The van der Waals surface area contributed by atoms with Crippen molar-refractivity contribution < 1.29 is 14.1 Å². The summed E-state index contributed by atoms with van der Waals surface area (Å²) in [5.41, 5.74) is 2.50. The minimum absolute atomic E-state index is 0.0710. The molecule has 3 rings (SSSR count). The highest BCUT2D eigenvalue weighted by atomic mass is 16.5. The van der Waals surface area contributed by atoms with E-state index in [0.29, 0.717) is 35.1 Å². The van der Waals surface area contributed by atoms with E-state index in [1.165, 1.54) is 6.92 Å².